The normalized spacial score (nSPS) is 14.4. The third kappa shape index (κ3) is 7.35. The Labute approximate surface area is 225 Å². The average Bonchev–Trinajstić information content (AvgIpc) is 3.55. The van der Waals surface area contributed by atoms with E-state index in [0.29, 0.717) is 5.69 Å². The molecule has 0 radical (unpaired) electrons. The van der Waals surface area contributed by atoms with Gasteiger partial charge in [-0.1, -0.05) is 32.0 Å². The number of para-hydroxylation sites is 1. The van der Waals surface area contributed by atoms with Crippen LogP contribution in [0, 0.1) is 5.92 Å². The molecule has 4 unspecified atom stereocenters. The summed E-state index contributed by atoms with van der Waals surface area (Å²) in [7, 11) is 0. The zero-order valence-corrected chi connectivity index (χ0v) is 22.0. The Morgan fingerprint density at radius 1 is 1.00 bits per heavy atom. The number of H-pyrrole nitrogens is 2. The molecular formula is C25H33N7O5S. The molecule has 4 atom stereocenters. The first-order valence-electron chi connectivity index (χ1n) is 12.1. The predicted octanol–water partition coefficient (Wildman–Crippen LogP) is 0.128. The number of hydrogen-bond acceptors (Lipinski definition) is 7. The minimum absolute atomic E-state index is 0.0267. The van der Waals surface area contributed by atoms with E-state index in [1.807, 2.05) is 24.3 Å². The van der Waals surface area contributed by atoms with Crippen LogP contribution in [0.15, 0.2) is 43.0 Å². The molecule has 2 heterocycles. The maximum absolute atomic E-state index is 13.4. The van der Waals surface area contributed by atoms with E-state index in [2.05, 4.69) is 43.5 Å². The minimum atomic E-state index is -1.26. The molecule has 204 valence electrons. The van der Waals surface area contributed by atoms with Gasteiger partial charge in [-0.15, -0.1) is 0 Å². The molecule has 12 nitrogen and oxygen atoms in total. The van der Waals surface area contributed by atoms with Gasteiger partial charge in [0.25, 0.3) is 0 Å². The van der Waals surface area contributed by atoms with Gasteiger partial charge >= 0.3 is 5.97 Å². The van der Waals surface area contributed by atoms with Gasteiger partial charge in [0, 0.05) is 47.6 Å². The first kappa shape index (κ1) is 28.7. The van der Waals surface area contributed by atoms with Crippen LogP contribution in [0.25, 0.3) is 10.9 Å². The highest BCUT2D eigenvalue weighted by molar-refractivity contribution is 7.80. The molecule has 13 heteroatoms. The number of amides is 3. The Bertz CT molecular complexity index is 1260. The summed E-state index contributed by atoms with van der Waals surface area (Å²) in [6.45, 7) is 3.49. The third-order valence-corrected chi connectivity index (χ3v) is 6.50. The quantitative estimate of drug-likeness (QED) is 0.140. The van der Waals surface area contributed by atoms with Crippen molar-refractivity contribution in [1.82, 2.24) is 30.9 Å². The maximum atomic E-state index is 13.4. The molecule has 0 bridgehead atoms. The van der Waals surface area contributed by atoms with E-state index in [4.69, 9.17) is 5.73 Å². The average molecular weight is 544 g/mol. The van der Waals surface area contributed by atoms with Crippen molar-refractivity contribution in [3.63, 3.8) is 0 Å². The molecule has 8 N–H and O–H groups in total. The fourth-order valence-corrected chi connectivity index (χ4v) is 4.12. The van der Waals surface area contributed by atoms with Gasteiger partial charge < -0.3 is 36.8 Å². The Morgan fingerprint density at radius 3 is 2.34 bits per heavy atom. The molecule has 1 aromatic carbocycles. The van der Waals surface area contributed by atoms with Crippen molar-refractivity contribution in [1.29, 1.82) is 0 Å². The van der Waals surface area contributed by atoms with Crippen LogP contribution in [-0.2, 0) is 32.0 Å². The zero-order chi connectivity index (χ0) is 27.8. The van der Waals surface area contributed by atoms with Crippen LogP contribution >= 0.6 is 12.6 Å². The van der Waals surface area contributed by atoms with Gasteiger partial charge in [0.05, 0.1) is 12.4 Å². The van der Waals surface area contributed by atoms with Crippen LogP contribution in [0.5, 0.6) is 0 Å². The lowest BCUT2D eigenvalue weighted by molar-refractivity contribution is -0.142. The minimum Gasteiger partial charge on any atom is -0.480 e. The van der Waals surface area contributed by atoms with Crippen LogP contribution in [0.1, 0.15) is 25.1 Å². The van der Waals surface area contributed by atoms with Crippen molar-refractivity contribution in [2.45, 2.75) is 50.9 Å². The van der Waals surface area contributed by atoms with Gasteiger partial charge in [-0.05, 0) is 17.5 Å². The molecule has 2 aromatic heterocycles. The molecule has 0 aliphatic carbocycles. The first-order valence-corrected chi connectivity index (χ1v) is 12.8. The molecule has 0 aliphatic rings. The molecule has 0 saturated carbocycles. The number of benzene rings is 1. The Kier molecular flexibility index (Phi) is 9.91. The number of carboxylic acid groups (broad SMARTS) is 1. The van der Waals surface area contributed by atoms with Crippen molar-refractivity contribution in [2.75, 3.05) is 5.75 Å². The number of rotatable bonds is 13. The van der Waals surface area contributed by atoms with Gasteiger partial charge in [0.1, 0.15) is 18.1 Å². The highest BCUT2D eigenvalue weighted by Crippen LogP contribution is 2.19. The predicted molar refractivity (Wildman–Crippen MR) is 144 cm³/mol. The van der Waals surface area contributed by atoms with E-state index in [-0.39, 0.29) is 24.5 Å². The van der Waals surface area contributed by atoms with Crippen molar-refractivity contribution in [2.24, 2.45) is 11.7 Å². The Balaban J connectivity index is 1.85. The number of aromatic amines is 2. The second-order valence-corrected chi connectivity index (χ2v) is 9.69. The molecule has 0 spiro atoms. The van der Waals surface area contributed by atoms with Crippen LogP contribution in [0.4, 0.5) is 0 Å². The van der Waals surface area contributed by atoms with Crippen LogP contribution in [0.2, 0.25) is 0 Å². The number of hydrogen-bond donors (Lipinski definition) is 8. The summed E-state index contributed by atoms with van der Waals surface area (Å²) in [5, 5.41) is 18.4. The van der Waals surface area contributed by atoms with Crippen molar-refractivity contribution in [3.8, 4) is 0 Å². The second kappa shape index (κ2) is 13.1. The topological polar surface area (TPSA) is 195 Å². The zero-order valence-electron chi connectivity index (χ0n) is 21.1. The van der Waals surface area contributed by atoms with Crippen LogP contribution in [0.3, 0.4) is 0 Å². The Hall–Kier alpha value is -3.84. The van der Waals surface area contributed by atoms with Crippen LogP contribution < -0.4 is 21.7 Å². The smallest absolute Gasteiger partial charge is 0.326 e. The number of nitrogens with two attached hydrogens (primary N) is 1. The van der Waals surface area contributed by atoms with E-state index < -0.39 is 47.9 Å². The number of imidazole rings is 1. The monoisotopic (exact) mass is 543 g/mol. The maximum Gasteiger partial charge on any atom is 0.326 e. The largest absolute Gasteiger partial charge is 0.480 e. The molecule has 0 aliphatic heterocycles. The molecule has 3 rings (SSSR count). The highest BCUT2D eigenvalue weighted by Gasteiger charge is 2.32. The first-order chi connectivity index (χ1) is 18.1. The summed E-state index contributed by atoms with van der Waals surface area (Å²) in [5.74, 6) is -3.29. The number of thiol groups is 1. The van der Waals surface area contributed by atoms with E-state index in [1.165, 1.54) is 12.5 Å². The van der Waals surface area contributed by atoms with Gasteiger partial charge in [0.15, 0.2) is 0 Å². The second-order valence-electron chi connectivity index (χ2n) is 9.32. The number of carbonyl (C=O) groups excluding carboxylic acids is 3. The summed E-state index contributed by atoms with van der Waals surface area (Å²) >= 11 is 4.03. The number of carboxylic acids is 1. The van der Waals surface area contributed by atoms with Gasteiger partial charge in [-0.3, -0.25) is 14.4 Å². The van der Waals surface area contributed by atoms with Crippen molar-refractivity contribution in [3.05, 3.63) is 54.2 Å². The summed E-state index contributed by atoms with van der Waals surface area (Å²) in [5.41, 5.74) is 7.88. The van der Waals surface area contributed by atoms with E-state index in [9.17, 15) is 24.3 Å². The summed E-state index contributed by atoms with van der Waals surface area (Å²) in [6, 6.07) is 3.20. The molecule has 3 amide bonds. The number of aromatic nitrogens is 3. The number of fused-ring (bicyclic) bond motifs is 1. The number of nitrogens with zero attached hydrogens (tertiary/aromatic N) is 1. The molecule has 38 heavy (non-hydrogen) atoms. The summed E-state index contributed by atoms with van der Waals surface area (Å²) in [4.78, 5) is 60.8. The fraction of sp³-hybridized carbons (Fsp3) is 0.400. The van der Waals surface area contributed by atoms with Crippen LogP contribution in [-0.4, -0.2) is 73.7 Å². The fourth-order valence-electron chi connectivity index (χ4n) is 3.96. The lowest BCUT2D eigenvalue weighted by atomic mass is 10.00. The lowest BCUT2D eigenvalue weighted by Crippen LogP contribution is -2.59. The van der Waals surface area contributed by atoms with Gasteiger partial charge in [0.2, 0.25) is 17.7 Å². The standard InChI is InChI=1S/C25H33N7O5S/c1-13(2)21(32-22(33)17(26)11-38)24(35)30-19(7-14-9-28-18-6-4-3-5-16(14)18)23(34)31-20(25(36)37)8-15-10-27-12-29-15/h3-6,9-10,12-13,17,19-21,28,38H,7-8,11,26H2,1-2H3,(H,27,29)(H,30,35)(H,31,34)(H,32,33)(H,36,37). The van der Waals surface area contributed by atoms with E-state index in [1.54, 1.807) is 20.0 Å². The SMILES string of the molecule is CC(C)C(NC(=O)C(N)CS)C(=O)NC(Cc1c[nH]c2ccccc12)C(=O)NC(Cc1cnc[nH]1)C(=O)O. The number of aliphatic carboxylic acids is 1. The molecule has 3 aromatic rings. The van der Waals surface area contributed by atoms with Crippen molar-refractivity contribution < 1.29 is 24.3 Å². The molecule has 0 saturated heterocycles. The molecule has 0 fully saturated rings. The summed E-state index contributed by atoms with van der Waals surface area (Å²) in [6.07, 6.45) is 4.67. The van der Waals surface area contributed by atoms with Gasteiger partial charge in [-0.2, -0.15) is 12.6 Å². The van der Waals surface area contributed by atoms with E-state index in [0.717, 1.165) is 16.5 Å². The van der Waals surface area contributed by atoms with Crippen molar-refractivity contribution >= 4 is 47.2 Å². The van der Waals surface area contributed by atoms with Gasteiger partial charge in [-0.25, -0.2) is 9.78 Å². The summed E-state index contributed by atoms with van der Waals surface area (Å²) < 4.78 is 0. The molecular weight excluding hydrogens is 510 g/mol. The number of carbonyl (C=O) groups is 4. The lowest BCUT2D eigenvalue weighted by Gasteiger charge is -2.27. The third-order valence-electron chi connectivity index (χ3n) is 6.11. The van der Waals surface area contributed by atoms with E-state index >= 15 is 0 Å². The Morgan fingerprint density at radius 2 is 1.71 bits per heavy atom. The highest BCUT2D eigenvalue weighted by atomic mass is 32.1. The number of nitrogens with one attached hydrogen (secondary N) is 5.